The Hall–Kier alpha value is -3.68. The maximum Gasteiger partial charge on any atom is 0.279 e. The number of pyridine rings is 1. The largest absolute Gasteiger partial charge is 0.505 e. The molecule has 0 radical (unpaired) electrons. The fraction of sp³-hybridized carbons (Fsp3) is 0.238. The van der Waals surface area contributed by atoms with E-state index < -0.39 is 11.0 Å². The van der Waals surface area contributed by atoms with E-state index in [-0.39, 0.29) is 33.8 Å². The van der Waals surface area contributed by atoms with Crippen molar-refractivity contribution in [2.75, 3.05) is 7.11 Å². The number of ether oxygens (including phenoxy) is 1. The van der Waals surface area contributed by atoms with E-state index in [0.717, 1.165) is 0 Å². The Balaban J connectivity index is 2.20. The molecule has 29 heavy (non-hydrogen) atoms. The molecular weight excluding hydrogens is 374 g/mol. The van der Waals surface area contributed by atoms with E-state index in [9.17, 15) is 20.0 Å². The number of phenolic OH excluding ortho intramolecular Hbond substituents is 1. The van der Waals surface area contributed by atoms with Crippen molar-refractivity contribution in [3.8, 4) is 11.5 Å². The first-order valence-electron chi connectivity index (χ1n) is 9.14. The highest BCUT2D eigenvalue weighted by Crippen LogP contribution is 2.39. The minimum atomic E-state index is -0.787. The Morgan fingerprint density at radius 2 is 2.03 bits per heavy atom. The van der Waals surface area contributed by atoms with Crippen molar-refractivity contribution < 1.29 is 19.6 Å². The van der Waals surface area contributed by atoms with E-state index in [1.54, 1.807) is 37.4 Å². The minimum Gasteiger partial charge on any atom is -0.505 e. The van der Waals surface area contributed by atoms with Crippen LogP contribution in [0, 0.1) is 10.1 Å². The molecule has 0 bridgehead atoms. The van der Waals surface area contributed by atoms with Crippen LogP contribution in [0.4, 0.5) is 5.69 Å². The van der Waals surface area contributed by atoms with Crippen LogP contribution in [0.5, 0.6) is 11.5 Å². The number of nitrogens with zero attached hydrogens (tertiary/aromatic N) is 2. The third-order valence-corrected chi connectivity index (χ3v) is 4.61. The molecule has 1 aromatic heterocycles. The Morgan fingerprint density at radius 3 is 2.66 bits per heavy atom. The number of carbonyl (C=O) groups is 1. The van der Waals surface area contributed by atoms with E-state index in [2.05, 4.69) is 10.3 Å². The Labute approximate surface area is 167 Å². The summed E-state index contributed by atoms with van der Waals surface area (Å²) in [4.78, 5) is 27.6. The van der Waals surface area contributed by atoms with E-state index >= 15 is 0 Å². The summed E-state index contributed by atoms with van der Waals surface area (Å²) in [6.07, 6.45) is 2.39. The van der Waals surface area contributed by atoms with Crippen LogP contribution < -0.4 is 10.1 Å². The van der Waals surface area contributed by atoms with Crippen molar-refractivity contribution in [3.05, 3.63) is 69.9 Å². The van der Waals surface area contributed by atoms with Crippen LogP contribution in [0.1, 0.15) is 36.9 Å². The van der Waals surface area contributed by atoms with Crippen molar-refractivity contribution in [2.45, 2.75) is 25.8 Å². The van der Waals surface area contributed by atoms with Gasteiger partial charge in [-0.15, -0.1) is 0 Å². The fourth-order valence-electron chi connectivity index (χ4n) is 3.20. The summed E-state index contributed by atoms with van der Waals surface area (Å²) >= 11 is 0. The topological polar surface area (TPSA) is 115 Å². The van der Waals surface area contributed by atoms with Gasteiger partial charge in [-0.3, -0.25) is 19.9 Å². The first-order valence-corrected chi connectivity index (χ1v) is 9.14. The number of nitrogens with one attached hydrogen (secondary N) is 1. The maximum absolute atomic E-state index is 12.3. The van der Waals surface area contributed by atoms with Gasteiger partial charge in [0.1, 0.15) is 17.0 Å². The number of non-ortho nitro benzene ring substituents is 1. The van der Waals surface area contributed by atoms with Gasteiger partial charge in [0.25, 0.3) is 5.69 Å². The van der Waals surface area contributed by atoms with Crippen LogP contribution in [-0.4, -0.2) is 28.0 Å². The fourth-order valence-corrected chi connectivity index (χ4v) is 3.20. The van der Waals surface area contributed by atoms with Gasteiger partial charge < -0.3 is 15.2 Å². The number of carbonyl (C=O) groups excluding carboxylic acids is 1. The van der Waals surface area contributed by atoms with Gasteiger partial charge in [-0.25, -0.2) is 0 Å². The lowest BCUT2D eigenvalue weighted by molar-refractivity contribution is -0.383. The number of rotatable bonds is 7. The number of nitro benzene ring substituents is 1. The lowest BCUT2D eigenvalue weighted by Crippen LogP contribution is -2.29. The van der Waals surface area contributed by atoms with E-state index in [4.69, 9.17) is 4.74 Å². The molecule has 1 heterocycles. The number of methoxy groups -OCH3 is 1. The van der Waals surface area contributed by atoms with Crippen LogP contribution in [0.3, 0.4) is 0 Å². The molecule has 1 amide bonds. The zero-order valence-electron chi connectivity index (χ0n) is 16.1. The van der Waals surface area contributed by atoms with Crippen molar-refractivity contribution in [1.82, 2.24) is 10.3 Å². The molecular formula is C21H21N3O5. The SMILES string of the molecule is CCCC(=O)N[C@H](c1ccc(OC)cc1)c1cc([N+](=O)[O-])c2cccnc2c1O. The molecule has 2 N–H and O–H groups in total. The summed E-state index contributed by atoms with van der Waals surface area (Å²) in [6, 6.07) is 10.5. The first-order chi connectivity index (χ1) is 14.0. The summed E-state index contributed by atoms with van der Waals surface area (Å²) in [5.41, 5.74) is 0.775. The van der Waals surface area contributed by atoms with Gasteiger partial charge in [-0.1, -0.05) is 19.1 Å². The van der Waals surface area contributed by atoms with Crippen molar-refractivity contribution in [2.24, 2.45) is 0 Å². The Morgan fingerprint density at radius 1 is 1.31 bits per heavy atom. The van der Waals surface area contributed by atoms with Crippen LogP contribution in [0.25, 0.3) is 10.9 Å². The predicted octanol–water partition coefficient (Wildman–Crippen LogP) is 3.86. The standard InChI is InChI=1S/C21H21N3O5/c1-3-5-18(25)23-19(13-7-9-14(29-2)10-8-13)16-12-17(24(27)28)15-6-4-11-22-20(15)21(16)26/h4,6-12,19,26H,3,5H2,1-2H3,(H,23,25)/t19-/m1/s1. The zero-order valence-corrected chi connectivity index (χ0v) is 16.1. The monoisotopic (exact) mass is 395 g/mol. The molecule has 0 spiro atoms. The van der Waals surface area contributed by atoms with Crippen LogP contribution in [0.2, 0.25) is 0 Å². The first kappa shape index (κ1) is 20.1. The van der Waals surface area contributed by atoms with Crippen molar-refractivity contribution in [3.63, 3.8) is 0 Å². The molecule has 0 saturated carbocycles. The molecule has 0 saturated heterocycles. The van der Waals surface area contributed by atoms with Crippen molar-refractivity contribution >= 4 is 22.5 Å². The quantitative estimate of drug-likeness (QED) is 0.464. The lowest BCUT2D eigenvalue weighted by Gasteiger charge is -2.21. The zero-order chi connectivity index (χ0) is 21.0. The number of hydrogen-bond acceptors (Lipinski definition) is 6. The van der Waals surface area contributed by atoms with Crippen LogP contribution >= 0.6 is 0 Å². The number of amides is 1. The van der Waals surface area contributed by atoms with Gasteiger partial charge in [0.15, 0.2) is 0 Å². The minimum absolute atomic E-state index is 0.111. The highest BCUT2D eigenvalue weighted by atomic mass is 16.6. The van der Waals surface area contributed by atoms with E-state index in [1.807, 2.05) is 6.92 Å². The predicted molar refractivity (Wildman–Crippen MR) is 108 cm³/mol. The second kappa shape index (κ2) is 8.55. The number of benzene rings is 2. The van der Waals surface area contributed by atoms with Gasteiger partial charge in [0, 0.05) is 24.2 Å². The Kier molecular flexibility index (Phi) is 5.92. The van der Waals surface area contributed by atoms with Crippen molar-refractivity contribution in [1.29, 1.82) is 0 Å². The lowest BCUT2D eigenvalue weighted by atomic mass is 9.95. The smallest absolute Gasteiger partial charge is 0.279 e. The molecule has 3 aromatic rings. The van der Waals surface area contributed by atoms with Crippen LogP contribution in [-0.2, 0) is 4.79 Å². The third kappa shape index (κ3) is 4.11. The number of fused-ring (bicyclic) bond motifs is 1. The Bertz CT molecular complexity index is 1050. The summed E-state index contributed by atoms with van der Waals surface area (Å²) in [7, 11) is 1.54. The number of aromatic nitrogens is 1. The second-order valence-corrected chi connectivity index (χ2v) is 6.51. The average Bonchev–Trinajstić information content (AvgIpc) is 2.73. The molecule has 2 aromatic carbocycles. The molecule has 3 rings (SSSR count). The highest BCUT2D eigenvalue weighted by molar-refractivity contribution is 5.94. The molecule has 0 aliphatic carbocycles. The molecule has 8 heteroatoms. The highest BCUT2D eigenvalue weighted by Gasteiger charge is 2.26. The summed E-state index contributed by atoms with van der Waals surface area (Å²) < 4.78 is 5.17. The van der Waals surface area contributed by atoms with Crippen LogP contribution in [0.15, 0.2) is 48.7 Å². The normalized spacial score (nSPS) is 11.8. The number of aromatic hydroxyl groups is 1. The summed E-state index contributed by atoms with van der Waals surface area (Å²) in [5.74, 6) is 0.197. The maximum atomic E-state index is 12.3. The van der Waals surface area contributed by atoms with Gasteiger partial charge in [0.2, 0.25) is 5.91 Å². The summed E-state index contributed by atoms with van der Waals surface area (Å²) in [6.45, 7) is 1.88. The van der Waals surface area contributed by atoms with E-state index in [0.29, 0.717) is 24.2 Å². The van der Waals surface area contributed by atoms with Gasteiger partial charge >= 0.3 is 0 Å². The summed E-state index contributed by atoms with van der Waals surface area (Å²) in [5, 5.41) is 25.6. The average molecular weight is 395 g/mol. The second-order valence-electron chi connectivity index (χ2n) is 6.51. The van der Waals surface area contributed by atoms with E-state index in [1.165, 1.54) is 18.3 Å². The number of phenols is 1. The molecule has 1 atom stereocenters. The molecule has 0 fully saturated rings. The van der Waals surface area contributed by atoms with Gasteiger partial charge in [0.05, 0.1) is 23.5 Å². The number of hydrogen-bond donors (Lipinski definition) is 2. The molecule has 0 unspecified atom stereocenters. The molecule has 0 aliphatic rings. The third-order valence-electron chi connectivity index (χ3n) is 4.61. The molecule has 0 aliphatic heterocycles. The number of nitro groups is 1. The van der Waals surface area contributed by atoms with Gasteiger partial charge in [-0.2, -0.15) is 0 Å². The molecule has 8 nitrogen and oxygen atoms in total. The molecule has 150 valence electrons. The van der Waals surface area contributed by atoms with Gasteiger partial charge in [-0.05, 0) is 36.2 Å².